The van der Waals surface area contributed by atoms with E-state index >= 15 is 0 Å². The quantitative estimate of drug-likeness (QED) is 0.849. The molecule has 0 amide bonds. The lowest BCUT2D eigenvalue weighted by atomic mass is 10.2. The van der Waals surface area contributed by atoms with Crippen molar-refractivity contribution in [2.45, 2.75) is 6.92 Å². The van der Waals surface area contributed by atoms with Gasteiger partial charge in [-0.2, -0.15) is 5.26 Å². The molecule has 4 nitrogen and oxygen atoms in total. The van der Waals surface area contributed by atoms with Crippen LogP contribution in [0.25, 0.3) is 0 Å². The number of aryl methyl sites for hydroxylation is 1. The number of pyridine rings is 1. The number of hydrogen-bond donors (Lipinski definition) is 2. The lowest BCUT2D eigenvalue weighted by Gasteiger charge is -2.11. The second kappa shape index (κ2) is 4.72. The summed E-state index contributed by atoms with van der Waals surface area (Å²) in [5.41, 5.74) is 7.94. The topological polar surface area (TPSA) is 74.7 Å². The Bertz CT molecular complexity index is 631. The van der Waals surface area contributed by atoms with Crippen molar-refractivity contribution in [3.63, 3.8) is 0 Å². The minimum Gasteiger partial charge on any atom is -0.396 e. The van der Waals surface area contributed by atoms with Crippen molar-refractivity contribution in [2.75, 3.05) is 11.1 Å². The van der Waals surface area contributed by atoms with Crippen LogP contribution in [0.5, 0.6) is 0 Å². The number of nitrogens with two attached hydrogens (primary N) is 1. The zero-order valence-corrected chi connectivity index (χ0v) is 9.74. The number of nitrogen functional groups attached to an aromatic ring is 1. The van der Waals surface area contributed by atoms with Gasteiger partial charge in [0.05, 0.1) is 16.9 Å². The summed E-state index contributed by atoms with van der Waals surface area (Å²) in [5.74, 6) is 0.000353. The minimum atomic E-state index is -0.456. The highest BCUT2D eigenvalue weighted by molar-refractivity contribution is 5.73. The maximum atomic E-state index is 13.0. The molecule has 0 spiro atoms. The van der Waals surface area contributed by atoms with Crippen molar-refractivity contribution in [3.05, 3.63) is 47.4 Å². The van der Waals surface area contributed by atoms with E-state index in [1.807, 2.05) is 13.0 Å². The number of nitrogens with one attached hydrogen (secondary N) is 1. The molecule has 5 heteroatoms. The summed E-state index contributed by atoms with van der Waals surface area (Å²) < 4.78 is 13.0. The van der Waals surface area contributed by atoms with Crippen molar-refractivity contribution < 1.29 is 4.39 Å². The molecular formula is C13H11FN4. The van der Waals surface area contributed by atoms with Gasteiger partial charge in [0.1, 0.15) is 11.9 Å². The first-order valence-corrected chi connectivity index (χ1v) is 5.29. The van der Waals surface area contributed by atoms with Gasteiger partial charge in [-0.05, 0) is 36.8 Å². The van der Waals surface area contributed by atoms with Crippen LogP contribution < -0.4 is 11.1 Å². The standard InChI is InChI=1S/C13H11FN4/c1-8-4-5-17-13(12(8)16)18-11-3-2-10(14)6-9(11)7-15/h2-6H,16H2,1H3,(H,17,18). The first-order valence-electron chi connectivity index (χ1n) is 5.29. The van der Waals surface area contributed by atoms with Crippen LogP contribution in [-0.2, 0) is 0 Å². The SMILES string of the molecule is Cc1ccnc(Nc2ccc(F)cc2C#N)c1N. The molecule has 0 fully saturated rings. The number of anilines is 3. The summed E-state index contributed by atoms with van der Waals surface area (Å²) >= 11 is 0. The van der Waals surface area contributed by atoms with E-state index in [0.717, 1.165) is 11.6 Å². The number of benzene rings is 1. The van der Waals surface area contributed by atoms with Gasteiger partial charge in [0.2, 0.25) is 0 Å². The number of hydrogen-bond acceptors (Lipinski definition) is 4. The third-order valence-electron chi connectivity index (χ3n) is 2.56. The summed E-state index contributed by atoms with van der Waals surface area (Å²) in [6.07, 6.45) is 1.61. The Labute approximate surface area is 104 Å². The molecule has 0 bridgehead atoms. The molecule has 1 heterocycles. The predicted octanol–water partition coefficient (Wildman–Crippen LogP) is 2.73. The molecule has 2 rings (SSSR count). The van der Waals surface area contributed by atoms with Crippen molar-refractivity contribution >= 4 is 17.2 Å². The summed E-state index contributed by atoms with van der Waals surface area (Å²) in [4.78, 5) is 4.09. The molecular weight excluding hydrogens is 231 g/mol. The first-order chi connectivity index (χ1) is 8.61. The molecule has 0 atom stereocenters. The smallest absolute Gasteiger partial charge is 0.153 e. The second-order valence-electron chi connectivity index (χ2n) is 3.82. The van der Waals surface area contributed by atoms with Gasteiger partial charge in [-0.1, -0.05) is 0 Å². The summed E-state index contributed by atoms with van der Waals surface area (Å²) in [6.45, 7) is 1.86. The van der Waals surface area contributed by atoms with Crippen molar-refractivity contribution in [1.29, 1.82) is 5.26 Å². The predicted molar refractivity (Wildman–Crippen MR) is 67.8 cm³/mol. The Morgan fingerprint density at radius 1 is 1.39 bits per heavy atom. The Balaban J connectivity index is 2.41. The third-order valence-corrected chi connectivity index (χ3v) is 2.56. The largest absolute Gasteiger partial charge is 0.396 e. The van der Waals surface area contributed by atoms with Crippen LogP contribution in [0.1, 0.15) is 11.1 Å². The van der Waals surface area contributed by atoms with Gasteiger partial charge < -0.3 is 11.1 Å². The molecule has 0 aliphatic rings. The highest BCUT2D eigenvalue weighted by Gasteiger charge is 2.07. The van der Waals surface area contributed by atoms with Gasteiger partial charge >= 0.3 is 0 Å². The average molecular weight is 242 g/mol. The van der Waals surface area contributed by atoms with Gasteiger partial charge in [-0.15, -0.1) is 0 Å². The number of rotatable bonds is 2. The van der Waals surface area contributed by atoms with Crippen molar-refractivity contribution in [2.24, 2.45) is 0 Å². The van der Waals surface area contributed by atoms with Crippen LogP contribution in [0.4, 0.5) is 21.6 Å². The summed E-state index contributed by atoms with van der Waals surface area (Å²) in [7, 11) is 0. The van der Waals surface area contributed by atoms with Crippen LogP contribution in [0.2, 0.25) is 0 Å². The van der Waals surface area contributed by atoms with Gasteiger partial charge in [-0.25, -0.2) is 9.37 Å². The van der Waals surface area contributed by atoms with Crippen molar-refractivity contribution in [1.82, 2.24) is 4.98 Å². The van der Waals surface area contributed by atoms with Gasteiger partial charge in [0, 0.05) is 6.20 Å². The van der Waals surface area contributed by atoms with E-state index in [-0.39, 0.29) is 5.56 Å². The van der Waals surface area contributed by atoms with E-state index in [1.54, 1.807) is 12.3 Å². The zero-order valence-electron chi connectivity index (χ0n) is 9.74. The molecule has 2 aromatic rings. The Kier molecular flexibility index (Phi) is 3.11. The maximum Gasteiger partial charge on any atom is 0.153 e. The van der Waals surface area contributed by atoms with Crippen LogP contribution in [0.3, 0.4) is 0 Å². The Hall–Kier alpha value is -2.61. The van der Waals surface area contributed by atoms with Crippen LogP contribution in [0, 0.1) is 24.1 Å². The molecule has 0 aliphatic heterocycles. The highest BCUT2D eigenvalue weighted by Crippen LogP contribution is 2.25. The summed E-state index contributed by atoms with van der Waals surface area (Å²) in [5, 5.41) is 11.9. The average Bonchev–Trinajstić information content (AvgIpc) is 2.37. The molecule has 0 radical (unpaired) electrons. The molecule has 18 heavy (non-hydrogen) atoms. The van der Waals surface area contributed by atoms with E-state index in [2.05, 4.69) is 10.3 Å². The normalized spacial score (nSPS) is 9.83. The highest BCUT2D eigenvalue weighted by atomic mass is 19.1. The van der Waals surface area contributed by atoms with Crippen molar-refractivity contribution in [3.8, 4) is 6.07 Å². The van der Waals surface area contributed by atoms with Gasteiger partial charge in [0.15, 0.2) is 5.82 Å². The van der Waals surface area contributed by atoms with E-state index in [4.69, 9.17) is 11.0 Å². The van der Waals surface area contributed by atoms with E-state index in [0.29, 0.717) is 17.2 Å². The number of halogens is 1. The number of aromatic nitrogens is 1. The van der Waals surface area contributed by atoms with E-state index < -0.39 is 5.82 Å². The number of nitriles is 1. The molecule has 90 valence electrons. The first kappa shape index (κ1) is 11.9. The fourth-order valence-electron chi connectivity index (χ4n) is 1.51. The summed E-state index contributed by atoms with van der Waals surface area (Å²) in [6, 6.07) is 7.63. The molecule has 0 saturated carbocycles. The Morgan fingerprint density at radius 3 is 2.89 bits per heavy atom. The molecule has 3 N–H and O–H groups in total. The van der Waals surface area contributed by atoms with E-state index in [9.17, 15) is 4.39 Å². The fraction of sp³-hybridized carbons (Fsp3) is 0.0769. The molecule has 0 saturated heterocycles. The molecule has 1 aromatic heterocycles. The number of nitrogens with zero attached hydrogens (tertiary/aromatic N) is 2. The van der Waals surface area contributed by atoms with Gasteiger partial charge in [-0.3, -0.25) is 0 Å². The molecule has 0 unspecified atom stereocenters. The van der Waals surface area contributed by atoms with E-state index in [1.165, 1.54) is 12.1 Å². The van der Waals surface area contributed by atoms with Crippen LogP contribution in [-0.4, -0.2) is 4.98 Å². The second-order valence-corrected chi connectivity index (χ2v) is 3.82. The minimum absolute atomic E-state index is 0.206. The van der Waals surface area contributed by atoms with Crippen LogP contribution in [0.15, 0.2) is 30.5 Å². The van der Waals surface area contributed by atoms with Crippen LogP contribution >= 0.6 is 0 Å². The lowest BCUT2D eigenvalue weighted by molar-refractivity contribution is 0.627. The molecule has 1 aromatic carbocycles. The maximum absolute atomic E-state index is 13.0. The Morgan fingerprint density at radius 2 is 2.17 bits per heavy atom. The fourth-order valence-corrected chi connectivity index (χ4v) is 1.51. The zero-order chi connectivity index (χ0) is 13.1. The lowest BCUT2D eigenvalue weighted by Crippen LogP contribution is -2.02. The third kappa shape index (κ3) is 2.23. The monoisotopic (exact) mass is 242 g/mol. The molecule has 0 aliphatic carbocycles. The van der Waals surface area contributed by atoms with Gasteiger partial charge in [0.25, 0.3) is 0 Å².